The molecule has 1 atom stereocenters. The standard InChI is InChI=1S/C13H22N4O/c1-16(2)12-5-6-17(8-12)13-15-11(9-18-13)7-14-10-3-4-10/h9-10,12,14H,3-8H2,1-2H3. The van der Waals surface area contributed by atoms with Gasteiger partial charge in [-0.15, -0.1) is 0 Å². The van der Waals surface area contributed by atoms with Gasteiger partial charge in [0.05, 0.1) is 5.69 Å². The summed E-state index contributed by atoms with van der Waals surface area (Å²) in [6, 6.07) is 2.12. The molecule has 0 bridgehead atoms. The Bertz CT molecular complexity index is 399. The third kappa shape index (κ3) is 2.67. The third-order valence-corrected chi connectivity index (χ3v) is 3.85. The molecule has 5 heteroatoms. The van der Waals surface area contributed by atoms with Crippen LogP contribution in [0.4, 0.5) is 6.01 Å². The summed E-state index contributed by atoms with van der Waals surface area (Å²) in [4.78, 5) is 9.08. The molecule has 0 radical (unpaired) electrons. The van der Waals surface area contributed by atoms with E-state index in [-0.39, 0.29) is 0 Å². The molecule has 0 aromatic carbocycles. The third-order valence-electron chi connectivity index (χ3n) is 3.85. The maximum absolute atomic E-state index is 5.59. The molecular formula is C13H22N4O. The number of hydrogen-bond donors (Lipinski definition) is 1. The summed E-state index contributed by atoms with van der Waals surface area (Å²) in [6.45, 7) is 2.89. The molecule has 0 spiro atoms. The highest BCUT2D eigenvalue weighted by molar-refractivity contribution is 5.29. The van der Waals surface area contributed by atoms with Crippen LogP contribution in [0, 0.1) is 0 Å². The van der Waals surface area contributed by atoms with E-state index in [4.69, 9.17) is 4.42 Å². The summed E-state index contributed by atoms with van der Waals surface area (Å²) in [7, 11) is 4.27. The SMILES string of the molecule is CN(C)C1CCN(c2nc(CNC3CC3)co2)C1. The van der Waals surface area contributed by atoms with E-state index in [1.807, 2.05) is 0 Å². The normalized spacial score (nSPS) is 24.2. The highest BCUT2D eigenvalue weighted by Crippen LogP contribution is 2.22. The molecule has 2 fully saturated rings. The van der Waals surface area contributed by atoms with Crippen LogP contribution in [-0.4, -0.2) is 49.2 Å². The number of likely N-dealkylation sites (N-methyl/N-ethyl adjacent to an activating group) is 1. The molecule has 1 aromatic rings. The van der Waals surface area contributed by atoms with Gasteiger partial charge in [-0.1, -0.05) is 0 Å². The molecule has 1 saturated carbocycles. The van der Waals surface area contributed by atoms with Crippen molar-refractivity contribution < 1.29 is 4.42 Å². The van der Waals surface area contributed by atoms with E-state index >= 15 is 0 Å². The van der Waals surface area contributed by atoms with Crippen LogP contribution in [0.1, 0.15) is 25.0 Å². The number of hydrogen-bond acceptors (Lipinski definition) is 5. The van der Waals surface area contributed by atoms with Gasteiger partial charge >= 0.3 is 0 Å². The lowest BCUT2D eigenvalue weighted by atomic mass is 10.2. The van der Waals surface area contributed by atoms with Gasteiger partial charge in [-0.05, 0) is 33.4 Å². The molecular weight excluding hydrogens is 228 g/mol. The Hall–Kier alpha value is -1.07. The summed E-state index contributed by atoms with van der Waals surface area (Å²) in [5, 5.41) is 3.45. The van der Waals surface area contributed by atoms with Crippen LogP contribution in [0.3, 0.4) is 0 Å². The molecule has 3 rings (SSSR count). The maximum Gasteiger partial charge on any atom is 0.297 e. The minimum absolute atomic E-state index is 0.616. The lowest BCUT2D eigenvalue weighted by molar-refractivity contribution is 0.315. The van der Waals surface area contributed by atoms with Crippen molar-refractivity contribution >= 4 is 6.01 Å². The summed E-state index contributed by atoms with van der Waals surface area (Å²) in [5.74, 6) is 0. The minimum atomic E-state index is 0.616. The van der Waals surface area contributed by atoms with Crippen LogP contribution in [0.15, 0.2) is 10.7 Å². The van der Waals surface area contributed by atoms with Gasteiger partial charge in [0.25, 0.3) is 6.01 Å². The number of rotatable bonds is 5. The van der Waals surface area contributed by atoms with Crippen molar-refractivity contribution in [1.82, 2.24) is 15.2 Å². The van der Waals surface area contributed by atoms with Crippen molar-refractivity contribution in [3.05, 3.63) is 12.0 Å². The smallest absolute Gasteiger partial charge is 0.297 e. The van der Waals surface area contributed by atoms with Crippen molar-refractivity contribution in [1.29, 1.82) is 0 Å². The van der Waals surface area contributed by atoms with Crippen molar-refractivity contribution in [2.24, 2.45) is 0 Å². The number of oxazole rings is 1. The second-order valence-corrected chi connectivity index (χ2v) is 5.63. The van der Waals surface area contributed by atoms with Gasteiger partial charge in [0.1, 0.15) is 6.26 Å². The monoisotopic (exact) mass is 250 g/mol. The molecule has 2 heterocycles. The highest BCUT2D eigenvalue weighted by Gasteiger charge is 2.27. The first kappa shape index (κ1) is 12.0. The number of anilines is 1. The summed E-state index contributed by atoms with van der Waals surface area (Å²) < 4.78 is 5.59. The van der Waals surface area contributed by atoms with E-state index in [1.54, 1.807) is 6.26 Å². The van der Waals surface area contributed by atoms with E-state index in [0.29, 0.717) is 6.04 Å². The summed E-state index contributed by atoms with van der Waals surface area (Å²) >= 11 is 0. The fourth-order valence-corrected chi connectivity index (χ4v) is 2.40. The zero-order valence-electron chi connectivity index (χ0n) is 11.2. The molecule has 0 amide bonds. The fraction of sp³-hybridized carbons (Fsp3) is 0.769. The lowest BCUT2D eigenvalue weighted by Crippen LogP contribution is -2.31. The first-order chi connectivity index (χ1) is 8.72. The molecule has 1 aliphatic carbocycles. The van der Waals surface area contributed by atoms with Crippen molar-refractivity contribution in [3.63, 3.8) is 0 Å². The summed E-state index contributed by atoms with van der Waals surface area (Å²) in [6.07, 6.45) is 5.58. The number of nitrogens with zero attached hydrogens (tertiary/aromatic N) is 3. The average Bonchev–Trinajstić information content (AvgIpc) is 2.88. The zero-order valence-corrected chi connectivity index (χ0v) is 11.2. The first-order valence-corrected chi connectivity index (χ1v) is 6.81. The van der Waals surface area contributed by atoms with E-state index in [0.717, 1.165) is 37.4 Å². The Morgan fingerprint density at radius 1 is 1.44 bits per heavy atom. The van der Waals surface area contributed by atoms with E-state index in [1.165, 1.54) is 19.3 Å². The van der Waals surface area contributed by atoms with Crippen LogP contribution in [-0.2, 0) is 6.54 Å². The topological polar surface area (TPSA) is 44.5 Å². The van der Waals surface area contributed by atoms with Gasteiger partial charge < -0.3 is 19.5 Å². The van der Waals surface area contributed by atoms with Crippen molar-refractivity contribution in [2.75, 3.05) is 32.1 Å². The largest absolute Gasteiger partial charge is 0.432 e. The van der Waals surface area contributed by atoms with Crippen molar-refractivity contribution in [3.8, 4) is 0 Å². The Kier molecular flexibility index (Phi) is 3.26. The van der Waals surface area contributed by atoms with Crippen LogP contribution in [0.5, 0.6) is 0 Å². The van der Waals surface area contributed by atoms with E-state index < -0.39 is 0 Å². The number of nitrogens with one attached hydrogen (secondary N) is 1. The van der Waals surface area contributed by atoms with Gasteiger partial charge in [0.2, 0.25) is 0 Å². The molecule has 1 saturated heterocycles. The van der Waals surface area contributed by atoms with E-state index in [9.17, 15) is 0 Å². The van der Waals surface area contributed by atoms with Crippen molar-refractivity contribution in [2.45, 2.75) is 37.9 Å². The minimum Gasteiger partial charge on any atom is -0.432 e. The van der Waals surface area contributed by atoms with Crippen LogP contribution in [0.2, 0.25) is 0 Å². The maximum atomic E-state index is 5.59. The molecule has 100 valence electrons. The predicted octanol–water partition coefficient (Wildman–Crippen LogP) is 1.07. The summed E-state index contributed by atoms with van der Waals surface area (Å²) in [5.41, 5.74) is 1.02. The predicted molar refractivity (Wildman–Crippen MR) is 70.7 cm³/mol. The second kappa shape index (κ2) is 4.90. The Morgan fingerprint density at radius 3 is 2.94 bits per heavy atom. The Balaban J connectivity index is 1.55. The first-order valence-electron chi connectivity index (χ1n) is 6.81. The van der Waals surface area contributed by atoms with Gasteiger partial charge in [0, 0.05) is 31.7 Å². The molecule has 5 nitrogen and oxygen atoms in total. The van der Waals surface area contributed by atoms with Gasteiger partial charge in [-0.3, -0.25) is 0 Å². The molecule has 1 aromatic heterocycles. The van der Waals surface area contributed by atoms with Gasteiger partial charge in [0.15, 0.2) is 0 Å². The van der Waals surface area contributed by atoms with Crippen LogP contribution in [0.25, 0.3) is 0 Å². The lowest BCUT2D eigenvalue weighted by Gasteiger charge is -2.19. The van der Waals surface area contributed by atoms with Crippen LogP contribution < -0.4 is 10.2 Å². The Labute approximate surface area is 108 Å². The average molecular weight is 250 g/mol. The van der Waals surface area contributed by atoms with Gasteiger partial charge in [-0.2, -0.15) is 4.98 Å². The molecule has 1 unspecified atom stereocenters. The highest BCUT2D eigenvalue weighted by atomic mass is 16.4. The Morgan fingerprint density at radius 2 is 2.28 bits per heavy atom. The molecule has 18 heavy (non-hydrogen) atoms. The molecule has 1 N–H and O–H groups in total. The zero-order chi connectivity index (χ0) is 12.5. The van der Waals surface area contributed by atoms with E-state index in [2.05, 4.69) is 34.2 Å². The number of aromatic nitrogens is 1. The van der Waals surface area contributed by atoms with Gasteiger partial charge in [-0.25, -0.2) is 0 Å². The quantitative estimate of drug-likeness (QED) is 0.847. The fourth-order valence-electron chi connectivity index (χ4n) is 2.40. The molecule has 2 aliphatic rings. The molecule has 1 aliphatic heterocycles. The second-order valence-electron chi connectivity index (χ2n) is 5.63. The van der Waals surface area contributed by atoms with Crippen LogP contribution >= 0.6 is 0 Å².